The molecule has 0 aromatic rings. The largest absolute Gasteiger partial charge is 0.410 e. The predicted molar refractivity (Wildman–Crippen MR) is 22.9 cm³/mol. The molecule has 0 aliphatic carbocycles. The highest BCUT2D eigenvalue weighted by atomic mass is 32.3. The van der Waals surface area contributed by atoms with Gasteiger partial charge in [0.05, 0.1) is 0 Å². The van der Waals surface area contributed by atoms with E-state index in [1.165, 1.54) is 0 Å². The minimum Gasteiger partial charge on any atom is -0.306 e. The maximum atomic E-state index is 9.38. The normalized spacial score (nSPS) is 11.7. The van der Waals surface area contributed by atoms with Gasteiger partial charge in [-0.1, -0.05) is 0 Å². The van der Waals surface area contributed by atoms with Crippen LogP contribution in [0.15, 0.2) is 0 Å². The van der Waals surface area contributed by atoms with Crippen LogP contribution >= 0.6 is 12.3 Å². The Kier molecular flexibility index (Phi) is 2.54. The maximum Gasteiger partial charge on any atom is 0.410 e. The van der Waals surface area contributed by atoms with Crippen molar-refractivity contribution in [1.29, 1.82) is 0 Å². The zero-order valence-electron chi connectivity index (χ0n) is 2.94. The summed E-state index contributed by atoms with van der Waals surface area (Å²) in [6, 6.07) is 0. The first-order valence-electron chi connectivity index (χ1n) is 1.03. The summed E-state index contributed by atoms with van der Waals surface area (Å²) in [7, 11) is -4.46. The van der Waals surface area contributed by atoms with Crippen molar-refractivity contribution in [2.24, 2.45) is 0 Å². The van der Waals surface area contributed by atoms with Crippen LogP contribution in [0.2, 0.25) is 0 Å². The molecule has 0 aliphatic heterocycles. The minimum absolute atomic E-state index is 0.429. The van der Waals surface area contributed by atoms with Crippen LogP contribution in [0.5, 0.6) is 0 Å². The Morgan fingerprint density at radius 3 is 2.00 bits per heavy atom. The van der Waals surface area contributed by atoms with Crippen molar-refractivity contribution in [3.8, 4) is 0 Å². The van der Waals surface area contributed by atoms with E-state index in [4.69, 9.17) is 9.11 Å². The van der Waals surface area contributed by atoms with E-state index in [0.29, 0.717) is 0 Å². The summed E-state index contributed by atoms with van der Waals surface area (Å²) in [6.07, 6.45) is 0. The van der Waals surface area contributed by atoms with Crippen molar-refractivity contribution in [3.05, 3.63) is 0 Å². The van der Waals surface area contributed by atoms with E-state index in [-0.39, 0.29) is 0 Å². The van der Waals surface area contributed by atoms with Gasteiger partial charge in [-0.2, -0.15) is 8.42 Å². The summed E-state index contributed by atoms with van der Waals surface area (Å²) < 4.78 is 37.1. The summed E-state index contributed by atoms with van der Waals surface area (Å²) in [6.45, 7) is 0. The summed E-state index contributed by atoms with van der Waals surface area (Å²) in [5.74, 6) is 0. The second-order valence-corrected chi connectivity index (χ2v) is 2.12. The van der Waals surface area contributed by atoms with E-state index < -0.39 is 22.7 Å². The Morgan fingerprint density at radius 1 is 1.57 bits per heavy atom. The van der Waals surface area contributed by atoms with Crippen molar-refractivity contribution in [2.75, 3.05) is 0 Å². The summed E-state index contributed by atoms with van der Waals surface area (Å²) in [5, 5.41) is 0. The third kappa shape index (κ3) is 6.18. The topological polar surface area (TPSA) is 83.8 Å². The monoisotopic (exact) mass is 146 g/mol. The molecule has 0 aromatic heterocycles. The lowest BCUT2D eigenvalue weighted by molar-refractivity contribution is 0.396. The third-order valence-electron chi connectivity index (χ3n) is 0.116. The standard InChI is InChI=1S/H2O5S2/c1-6-5-7(2,3)4/h1H,(H,2,3,4). The van der Waals surface area contributed by atoms with Crippen LogP contribution in [0.3, 0.4) is 0 Å². The SMILES string of the molecule is O=S(=O)(O)OSO. The van der Waals surface area contributed by atoms with Crippen LogP contribution in [-0.4, -0.2) is 17.5 Å². The molecule has 0 amide bonds. The smallest absolute Gasteiger partial charge is 0.306 e. The Balaban J connectivity index is 3.60. The lowest BCUT2D eigenvalue weighted by Crippen LogP contribution is -1.95. The van der Waals surface area contributed by atoms with Gasteiger partial charge in [-0.3, -0.25) is 4.55 Å². The second-order valence-electron chi connectivity index (χ2n) is 0.570. The maximum absolute atomic E-state index is 9.38. The molecule has 0 spiro atoms. The van der Waals surface area contributed by atoms with Crippen LogP contribution < -0.4 is 0 Å². The fourth-order valence-corrected chi connectivity index (χ4v) is 0.346. The van der Waals surface area contributed by atoms with Gasteiger partial charge in [0, 0.05) is 0 Å². The third-order valence-corrected chi connectivity index (χ3v) is 1.05. The van der Waals surface area contributed by atoms with E-state index in [1.54, 1.807) is 0 Å². The minimum atomic E-state index is -4.46. The molecule has 0 aliphatic rings. The highest BCUT2D eigenvalue weighted by molar-refractivity contribution is 7.98. The fraction of sp³-hybridized carbons (Fsp3) is 0. The Labute approximate surface area is 44.7 Å². The fourth-order valence-electron chi connectivity index (χ4n) is 0.0385. The average molecular weight is 146 g/mol. The first-order valence-corrected chi connectivity index (χ1v) is 3.10. The molecule has 0 fully saturated rings. The molecule has 0 bridgehead atoms. The zero-order chi connectivity index (χ0) is 5.91. The summed E-state index contributed by atoms with van der Waals surface area (Å²) >= 11 is -0.429. The number of rotatable bonds is 2. The molecule has 0 heterocycles. The summed E-state index contributed by atoms with van der Waals surface area (Å²) in [5.41, 5.74) is 0. The van der Waals surface area contributed by atoms with E-state index in [2.05, 4.69) is 3.63 Å². The molecule has 44 valence electrons. The van der Waals surface area contributed by atoms with Gasteiger partial charge < -0.3 is 4.55 Å². The van der Waals surface area contributed by atoms with Crippen LogP contribution in [0.25, 0.3) is 0 Å². The average Bonchev–Trinajstić information content (AvgIpc) is 1.30. The predicted octanol–water partition coefficient (Wildman–Crippen LogP) is -0.0730. The quantitative estimate of drug-likeness (QED) is 0.419. The van der Waals surface area contributed by atoms with Crippen LogP contribution in [-0.2, 0) is 14.0 Å². The van der Waals surface area contributed by atoms with E-state index in [9.17, 15) is 8.42 Å². The first kappa shape index (κ1) is 7.18. The van der Waals surface area contributed by atoms with E-state index in [0.717, 1.165) is 0 Å². The van der Waals surface area contributed by atoms with Gasteiger partial charge in [0.15, 0.2) is 12.3 Å². The highest BCUT2D eigenvalue weighted by Crippen LogP contribution is 1.98. The number of hydrogen-bond donors (Lipinski definition) is 2. The van der Waals surface area contributed by atoms with Gasteiger partial charge >= 0.3 is 10.4 Å². The molecule has 7 heavy (non-hydrogen) atoms. The van der Waals surface area contributed by atoms with Gasteiger partial charge in [0.1, 0.15) is 0 Å². The van der Waals surface area contributed by atoms with Crippen molar-refractivity contribution in [3.63, 3.8) is 0 Å². The lowest BCUT2D eigenvalue weighted by atomic mass is 15.8. The first-order chi connectivity index (χ1) is 3.06. The molecule has 2 N–H and O–H groups in total. The van der Waals surface area contributed by atoms with Crippen molar-refractivity contribution < 1.29 is 21.2 Å². The molecule has 0 unspecified atom stereocenters. The van der Waals surface area contributed by atoms with Crippen LogP contribution in [0, 0.1) is 0 Å². The van der Waals surface area contributed by atoms with Gasteiger partial charge in [0.2, 0.25) is 0 Å². The lowest BCUT2D eigenvalue weighted by Gasteiger charge is -1.85. The zero-order valence-corrected chi connectivity index (χ0v) is 4.57. The molecular formula is H2O5S2. The summed E-state index contributed by atoms with van der Waals surface area (Å²) in [4.78, 5) is 0. The van der Waals surface area contributed by atoms with Crippen LogP contribution in [0.1, 0.15) is 0 Å². The molecular weight excluding hydrogens is 144 g/mol. The molecule has 0 atom stereocenters. The Bertz CT molecular complexity index is 119. The van der Waals surface area contributed by atoms with Gasteiger partial charge in [-0.05, 0) is 0 Å². The van der Waals surface area contributed by atoms with Crippen LogP contribution in [0.4, 0.5) is 0 Å². The van der Waals surface area contributed by atoms with E-state index in [1.807, 2.05) is 0 Å². The van der Waals surface area contributed by atoms with Crippen molar-refractivity contribution >= 4 is 22.7 Å². The molecule has 0 saturated carbocycles. The molecule has 0 radical (unpaired) electrons. The van der Waals surface area contributed by atoms with Gasteiger partial charge in [0.25, 0.3) is 0 Å². The van der Waals surface area contributed by atoms with Crippen molar-refractivity contribution in [1.82, 2.24) is 0 Å². The molecule has 5 nitrogen and oxygen atoms in total. The molecule has 0 rings (SSSR count). The highest BCUT2D eigenvalue weighted by Gasteiger charge is 2.01. The van der Waals surface area contributed by atoms with Gasteiger partial charge in [-0.15, -0.1) is 3.63 Å². The van der Waals surface area contributed by atoms with E-state index >= 15 is 0 Å². The Morgan fingerprint density at radius 2 is 2.00 bits per heavy atom. The number of hydrogen-bond acceptors (Lipinski definition) is 5. The molecule has 0 aromatic carbocycles. The van der Waals surface area contributed by atoms with Crippen molar-refractivity contribution in [2.45, 2.75) is 0 Å². The second kappa shape index (κ2) is 2.48. The molecule has 7 heteroatoms. The van der Waals surface area contributed by atoms with Gasteiger partial charge in [-0.25, -0.2) is 0 Å². The molecule has 0 saturated heterocycles. The Hall–Kier alpha value is 0.180.